The van der Waals surface area contributed by atoms with Gasteiger partial charge in [-0.2, -0.15) is 0 Å². The maximum Gasteiger partial charge on any atom is 0.122 e. The highest BCUT2D eigenvalue weighted by Gasteiger charge is 2.24. The molecule has 0 heterocycles. The molecule has 1 aliphatic carbocycles. The second-order valence-electron chi connectivity index (χ2n) is 4.29. The van der Waals surface area contributed by atoms with Crippen LogP contribution in [0.4, 0.5) is 0 Å². The van der Waals surface area contributed by atoms with Gasteiger partial charge in [0.25, 0.3) is 0 Å². The first-order valence-electron chi connectivity index (χ1n) is 5.55. The molecule has 1 aromatic carbocycles. The van der Waals surface area contributed by atoms with Crippen LogP contribution in [0.1, 0.15) is 24.8 Å². The van der Waals surface area contributed by atoms with E-state index in [-0.39, 0.29) is 5.38 Å². The number of hydrogen-bond donors (Lipinski definition) is 0. The molecular weight excluding hydrogens is 208 g/mol. The van der Waals surface area contributed by atoms with Crippen LogP contribution in [0.5, 0.6) is 5.75 Å². The monoisotopic (exact) mass is 224 g/mol. The highest BCUT2D eigenvalue weighted by molar-refractivity contribution is 6.20. The summed E-state index contributed by atoms with van der Waals surface area (Å²) in [4.78, 5) is 0. The van der Waals surface area contributed by atoms with Crippen LogP contribution in [0.2, 0.25) is 0 Å². The molecule has 1 aliphatic rings. The van der Waals surface area contributed by atoms with E-state index in [1.165, 1.54) is 18.4 Å². The normalized spacial score (nSPS) is 17.5. The van der Waals surface area contributed by atoms with Crippen LogP contribution in [-0.2, 0) is 6.42 Å². The Hall–Kier alpha value is -0.690. The van der Waals surface area contributed by atoms with Crippen molar-refractivity contribution in [1.82, 2.24) is 0 Å². The molecular formula is C13H17ClO. The predicted molar refractivity (Wildman–Crippen MR) is 63.7 cm³/mol. The lowest BCUT2D eigenvalue weighted by molar-refractivity contribution is 0.409. The van der Waals surface area contributed by atoms with E-state index >= 15 is 0 Å². The summed E-state index contributed by atoms with van der Waals surface area (Å²) in [5.41, 5.74) is 1.22. The van der Waals surface area contributed by atoms with Crippen molar-refractivity contribution in [1.29, 1.82) is 0 Å². The molecule has 0 saturated heterocycles. The van der Waals surface area contributed by atoms with Gasteiger partial charge in [0.1, 0.15) is 5.75 Å². The Kier molecular flexibility index (Phi) is 3.53. The molecule has 1 aromatic rings. The summed E-state index contributed by atoms with van der Waals surface area (Å²) in [5, 5.41) is 0.258. The van der Waals surface area contributed by atoms with Gasteiger partial charge in [-0.1, -0.05) is 31.0 Å². The van der Waals surface area contributed by atoms with Gasteiger partial charge < -0.3 is 4.74 Å². The molecule has 1 unspecified atom stereocenters. The lowest BCUT2D eigenvalue weighted by atomic mass is 10.1. The second-order valence-corrected chi connectivity index (χ2v) is 4.91. The first-order chi connectivity index (χ1) is 7.29. The molecule has 2 heteroatoms. The van der Waals surface area contributed by atoms with Crippen LogP contribution in [0.25, 0.3) is 0 Å². The Balaban J connectivity index is 1.95. The molecule has 0 aromatic heterocycles. The van der Waals surface area contributed by atoms with E-state index in [1.54, 1.807) is 7.11 Å². The number of methoxy groups -OCH3 is 1. The van der Waals surface area contributed by atoms with Crippen molar-refractivity contribution in [3.05, 3.63) is 29.8 Å². The third-order valence-corrected chi connectivity index (χ3v) is 3.25. The van der Waals surface area contributed by atoms with Crippen LogP contribution in [0.15, 0.2) is 24.3 Å². The van der Waals surface area contributed by atoms with Crippen molar-refractivity contribution in [2.45, 2.75) is 31.1 Å². The molecule has 1 fully saturated rings. The molecule has 1 saturated carbocycles. The average Bonchev–Trinajstić information content (AvgIpc) is 3.02. The fourth-order valence-corrected chi connectivity index (χ4v) is 2.33. The highest BCUT2D eigenvalue weighted by Crippen LogP contribution is 2.36. The van der Waals surface area contributed by atoms with Gasteiger partial charge in [0, 0.05) is 5.38 Å². The van der Waals surface area contributed by atoms with Crippen LogP contribution in [-0.4, -0.2) is 12.5 Å². The van der Waals surface area contributed by atoms with Crippen LogP contribution in [0.3, 0.4) is 0 Å². The maximum atomic E-state index is 6.32. The van der Waals surface area contributed by atoms with Crippen LogP contribution in [0, 0.1) is 5.92 Å². The molecule has 1 nitrogen and oxygen atoms in total. The zero-order chi connectivity index (χ0) is 10.7. The quantitative estimate of drug-likeness (QED) is 0.694. The van der Waals surface area contributed by atoms with Crippen molar-refractivity contribution in [2.24, 2.45) is 5.92 Å². The molecule has 0 spiro atoms. The van der Waals surface area contributed by atoms with E-state index in [2.05, 4.69) is 6.07 Å². The Morgan fingerprint density at radius 1 is 1.40 bits per heavy atom. The predicted octanol–water partition coefficient (Wildman–Crippen LogP) is 3.65. The van der Waals surface area contributed by atoms with Gasteiger partial charge in [0.05, 0.1) is 7.11 Å². The fourth-order valence-electron chi connectivity index (χ4n) is 1.91. The maximum absolute atomic E-state index is 6.32. The summed E-state index contributed by atoms with van der Waals surface area (Å²) in [6.45, 7) is 0. The number of hydrogen-bond acceptors (Lipinski definition) is 1. The van der Waals surface area contributed by atoms with E-state index < -0.39 is 0 Å². The smallest absolute Gasteiger partial charge is 0.122 e. The lowest BCUT2D eigenvalue weighted by Crippen LogP contribution is -2.05. The minimum absolute atomic E-state index is 0.258. The number of halogens is 1. The summed E-state index contributed by atoms with van der Waals surface area (Å²) in [6.07, 6.45) is 4.81. The average molecular weight is 225 g/mol. The summed E-state index contributed by atoms with van der Waals surface area (Å²) in [6, 6.07) is 8.13. The number of ether oxygens (including phenoxy) is 1. The fraction of sp³-hybridized carbons (Fsp3) is 0.538. The topological polar surface area (TPSA) is 9.23 Å². The third-order valence-electron chi connectivity index (χ3n) is 2.92. The van der Waals surface area contributed by atoms with Crippen molar-refractivity contribution >= 4 is 11.6 Å². The molecule has 2 rings (SSSR count). The van der Waals surface area contributed by atoms with Gasteiger partial charge in [0.15, 0.2) is 0 Å². The number of benzene rings is 1. The van der Waals surface area contributed by atoms with Gasteiger partial charge in [-0.25, -0.2) is 0 Å². The molecule has 0 radical (unpaired) electrons. The zero-order valence-corrected chi connectivity index (χ0v) is 9.83. The van der Waals surface area contributed by atoms with Crippen LogP contribution >= 0.6 is 11.6 Å². The van der Waals surface area contributed by atoms with E-state index in [4.69, 9.17) is 16.3 Å². The minimum atomic E-state index is 0.258. The summed E-state index contributed by atoms with van der Waals surface area (Å²) < 4.78 is 5.31. The molecule has 0 aliphatic heterocycles. The van der Waals surface area contributed by atoms with Gasteiger partial charge in [-0.05, 0) is 30.4 Å². The van der Waals surface area contributed by atoms with E-state index in [0.717, 1.165) is 24.5 Å². The number of rotatable bonds is 5. The van der Waals surface area contributed by atoms with Crippen molar-refractivity contribution < 1.29 is 4.74 Å². The first kappa shape index (κ1) is 10.8. The molecule has 15 heavy (non-hydrogen) atoms. The molecule has 0 bridgehead atoms. The van der Waals surface area contributed by atoms with E-state index in [0.29, 0.717) is 0 Å². The molecule has 82 valence electrons. The van der Waals surface area contributed by atoms with E-state index in [1.807, 2.05) is 18.2 Å². The van der Waals surface area contributed by atoms with Gasteiger partial charge >= 0.3 is 0 Å². The van der Waals surface area contributed by atoms with Crippen molar-refractivity contribution in [2.75, 3.05) is 7.11 Å². The Morgan fingerprint density at radius 3 is 2.80 bits per heavy atom. The molecule has 0 amide bonds. The molecule has 1 atom stereocenters. The van der Waals surface area contributed by atoms with Crippen molar-refractivity contribution in [3.8, 4) is 5.75 Å². The van der Waals surface area contributed by atoms with Gasteiger partial charge in [0.2, 0.25) is 0 Å². The largest absolute Gasteiger partial charge is 0.496 e. The number of alkyl halides is 1. The minimum Gasteiger partial charge on any atom is -0.496 e. The Labute approximate surface area is 96.4 Å². The Bertz CT molecular complexity index is 320. The first-order valence-corrected chi connectivity index (χ1v) is 5.99. The summed E-state index contributed by atoms with van der Waals surface area (Å²) in [5.74, 6) is 1.85. The highest BCUT2D eigenvalue weighted by atomic mass is 35.5. The second kappa shape index (κ2) is 4.89. The zero-order valence-electron chi connectivity index (χ0n) is 9.08. The lowest BCUT2D eigenvalue weighted by Gasteiger charge is -2.11. The standard InChI is InChI=1S/C13H17ClO/c1-15-13-5-3-2-4-11(13)9-12(14)8-10-6-7-10/h2-5,10,12H,6-9H2,1H3. The molecule has 0 N–H and O–H groups in total. The van der Waals surface area contributed by atoms with Gasteiger partial charge in [-0.15, -0.1) is 11.6 Å². The SMILES string of the molecule is COc1ccccc1CC(Cl)CC1CC1. The third kappa shape index (κ3) is 3.13. The van der Waals surface area contributed by atoms with Gasteiger partial charge in [-0.3, -0.25) is 0 Å². The summed E-state index contributed by atoms with van der Waals surface area (Å²) >= 11 is 6.32. The van der Waals surface area contributed by atoms with Crippen molar-refractivity contribution in [3.63, 3.8) is 0 Å². The van der Waals surface area contributed by atoms with Crippen LogP contribution < -0.4 is 4.74 Å². The van der Waals surface area contributed by atoms with E-state index in [9.17, 15) is 0 Å². The number of para-hydroxylation sites is 1. The Morgan fingerprint density at radius 2 is 2.13 bits per heavy atom. The summed E-state index contributed by atoms with van der Waals surface area (Å²) in [7, 11) is 1.71.